The number of nitrogens with zero attached hydrogens (tertiary/aromatic N) is 4. The fourth-order valence-corrected chi connectivity index (χ4v) is 2.99. The van der Waals surface area contributed by atoms with Gasteiger partial charge in [-0.3, -0.25) is 9.69 Å². The minimum atomic E-state index is -4.46. The van der Waals surface area contributed by atoms with Gasteiger partial charge in [0.2, 0.25) is 5.89 Å². The molecule has 0 spiro atoms. The van der Waals surface area contributed by atoms with Gasteiger partial charge in [0.15, 0.2) is 5.82 Å². The second-order valence-electron chi connectivity index (χ2n) is 6.50. The van der Waals surface area contributed by atoms with Gasteiger partial charge >= 0.3 is 6.18 Å². The lowest BCUT2D eigenvalue weighted by atomic mass is 10.1. The maximum Gasteiger partial charge on any atom is 0.416 e. The number of aryl methyl sites for hydroxylation is 1. The van der Waals surface area contributed by atoms with Crippen LogP contribution in [0.4, 0.5) is 13.2 Å². The largest absolute Gasteiger partial charge is 0.416 e. The summed E-state index contributed by atoms with van der Waals surface area (Å²) >= 11 is 0. The van der Waals surface area contributed by atoms with E-state index in [1.807, 2.05) is 6.92 Å². The van der Waals surface area contributed by atoms with Crippen LogP contribution in [-0.2, 0) is 19.1 Å². The van der Waals surface area contributed by atoms with Gasteiger partial charge in [0.1, 0.15) is 0 Å². The molecule has 0 aliphatic carbocycles. The Kier molecular flexibility index (Phi) is 5.79. The third-order valence-corrected chi connectivity index (χ3v) is 4.44. The van der Waals surface area contributed by atoms with E-state index in [2.05, 4.69) is 15.0 Å². The van der Waals surface area contributed by atoms with Gasteiger partial charge in [-0.15, -0.1) is 0 Å². The fourth-order valence-electron chi connectivity index (χ4n) is 2.99. The van der Waals surface area contributed by atoms with Crippen molar-refractivity contribution >= 4 is 5.91 Å². The first-order valence-corrected chi connectivity index (χ1v) is 8.87. The highest BCUT2D eigenvalue weighted by Crippen LogP contribution is 2.29. The molecule has 0 atom stereocenters. The molecule has 1 amide bonds. The first kappa shape index (κ1) is 19.3. The number of aromatic nitrogens is 2. The second-order valence-corrected chi connectivity index (χ2v) is 6.50. The summed E-state index contributed by atoms with van der Waals surface area (Å²) in [6.45, 7) is 4.60. The molecule has 0 bridgehead atoms. The molecule has 27 heavy (non-hydrogen) atoms. The number of piperazine rings is 1. The van der Waals surface area contributed by atoms with Gasteiger partial charge in [-0.2, -0.15) is 18.2 Å². The molecule has 146 valence electrons. The maximum atomic E-state index is 12.8. The SMILES string of the molecule is CCCc1noc(CN2CCN(C(=O)c3cccc(C(F)(F)F)c3)CC2)n1. The van der Waals surface area contributed by atoms with Crippen molar-refractivity contribution in [2.75, 3.05) is 26.2 Å². The Morgan fingerprint density at radius 3 is 2.63 bits per heavy atom. The molecule has 0 unspecified atom stereocenters. The highest BCUT2D eigenvalue weighted by atomic mass is 19.4. The third kappa shape index (κ3) is 4.85. The molecular weight excluding hydrogens is 361 g/mol. The van der Waals surface area contributed by atoms with Crippen LogP contribution in [0.3, 0.4) is 0 Å². The monoisotopic (exact) mass is 382 g/mol. The number of amides is 1. The van der Waals surface area contributed by atoms with Crippen LogP contribution < -0.4 is 0 Å². The molecule has 1 saturated heterocycles. The quantitative estimate of drug-likeness (QED) is 0.796. The van der Waals surface area contributed by atoms with E-state index >= 15 is 0 Å². The van der Waals surface area contributed by atoms with Crippen molar-refractivity contribution in [2.24, 2.45) is 0 Å². The number of carbonyl (C=O) groups excluding carboxylic acids is 1. The van der Waals surface area contributed by atoms with Crippen molar-refractivity contribution in [2.45, 2.75) is 32.5 Å². The number of hydrogen-bond donors (Lipinski definition) is 0. The van der Waals surface area contributed by atoms with Gasteiger partial charge < -0.3 is 9.42 Å². The van der Waals surface area contributed by atoms with Crippen LogP contribution in [0.1, 0.15) is 41.0 Å². The molecule has 3 rings (SSSR count). The molecule has 9 heteroatoms. The molecule has 1 aliphatic rings. The lowest BCUT2D eigenvalue weighted by Gasteiger charge is -2.34. The van der Waals surface area contributed by atoms with E-state index in [4.69, 9.17) is 4.52 Å². The van der Waals surface area contributed by atoms with Gasteiger partial charge in [-0.1, -0.05) is 18.1 Å². The summed E-state index contributed by atoms with van der Waals surface area (Å²) < 4.78 is 43.7. The summed E-state index contributed by atoms with van der Waals surface area (Å²) in [6.07, 6.45) is -2.76. The highest BCUT2D eigenvalue weighted by Gasteiger charge is 2.31. The minimum absolute atomic E-state index is 0.0550. The number of alkyl halides is 3. The zero-order valence-electron chi connectivity index (χ0n) is 15.0. The van der Waals surface area contributed by atoms with Gasteiger partial charge in [0.05, 0.1) is 12.1 Å². The molecule has 0 radical (unpaired) electrons. The van der Waals surface area contributed by atoms with Crippen LogP contribution in [0.15, 0.2) is 28.8 Å². The predicted molar refractivity (Wildman–Crippen MR) is 90.9 cm³/mol. The maximum absolute atomic E-state index is 12.8. The highest BCUT2D eigenvalue weighted by molar-refractivity contribution is 5.94. The van der Waals surface area contributed by atoms with E-state index in [1.165, 1.54) is 12.1 Å². The molecule has 2 heterocycles. The lowest BCUT2D eigenvalue weighted by Crippen LogP contribution is -2.48. The standard InChI is InChI=1S/C18H21F3N4O2/c1-2-4-15-22-16(27-23-15)12-24-7-9-25(10-8-24)17(26)13-5-3-6-14(11-13)18(19,20)21/h3,5-6,11H,2,4,7-10,12H2,1H3. The average Bonchev–Trinajstić information content (AvgIpc) is 3.08. The smallest absolute Gasteiger partial charge is 0.338 e. The molecule has 1 fully saturated rings. The zero-order chi connectivity index (χ0) is 19.4. The van der Waals surface area contributed by atoms with Crippen molar-refractivity contribution in [3.63, 3.8) is 0 Å². The predicted octanol–water partition coefficient (Wildman–Crippen LogP) is 3.00. The van der Waals surface area contributed by atoms with Crippen LogP contribution in [0.2, 0.25) is 0 Å². The van der Waals surface area contributed by atoms with E-state index in [-0.39, 0.29) is 11.5 Å². The van der Waals surface area contributed by atoms with Gasteiger partial charge in [0, 0.05) is 38.2 Å². The minimum Gasteiger partial charge on any atom is -0.338 e. The second kappa shape index (κ2) is 8.08. The number of carbonyl (C=O) groups is 1. The summed E-state index contributed by atoms with van der Waals surface area (Å²) in [6, 6.07) is 4.54. The van der Waals surface area contributed by atoms with Crippen molar-refractivity contribution in [3.05, 3.63) is 47.1 Å². The van der Waals surface area contributed by atoms with Crippen LogP contribution in [0.25, 0.3) is 0 Å². The van der Waals surface area contributed by atoms with Gasteiger partial charge in [-0.25, -0.2) is 0 Å². The Balaban J connectivity index is 1.56. The van der Waals surface area contributed by atoms with Gasteiger partial charge in [0.25, 0.3) is 5.91 Å². The third-order valence-electron chi connectivity index (χ3n) is 4.44. The number of hydrogen-bond acceptors (Lipinski definition) is 5. The van der Waals surface area contributed by atoms with Crippen molar-refractivity contribution in [1.82, 2.24) is 19.9 Å². The molecule has 2 aromatic rings. The molecule has 1 aromatic heterocycles. The summed E-state index contributed by atoms with van der Waals surface area (Å²) in [4.78, 5) is 20.5. The average molecular weight is 382 g/mol. The van der Waals surface area contributed by atoms with Crippen molar-refractivity contribution < 1.29 is 22.5 Å². The summed E-state index contributed by atoms with van der Waals surface area (Å²) in [7, 11) is 0. The van der Waals surface area contributed by atoms with E-state index < -0.39 is 11.7 Å². The number of halogens is 3. The molecule has 1 aliphatic heterocycles. The molecule has 6 nitrogen and oxygen atoms in total. The Morgan fingerprint density at radius 2 is 1.96 bits per heavy atom. The van der Waals surface area contributed by atoms with Crippen LogP contribution in [0, 0.1) is 0 Å². The Morgan fingerprint density at radius 1 is 1.22 bits per heavy atom. The van der Waals surface area contributed by atoms with Crippen molar-refractivity contribution in [3.8, 4) is 0 Å². The van der Waals surface area contributed by atoms with E-state index in [1.54, 1.807) is 4.90 Å². The van der Waals surface area contributed by atoms with E-state index in [0.29, 0.717) is 44.4 Å². The normalized spacial score (nSPS) is 15.9. The van der Waals surface area contributed by atoms with Crippen LogP contribution >= 0.6 is 0 Å². The summed E-state index contributed by atoms with van der Waals surface area (Å²) in [5.74, 6) is 0.839. The van der Waals surface area contributed by atoms with E-state index in [9.17, 15) is 18.0 Å². The lowest BCUT2D eigenvalue weighted by molar-refractivity contribution is -0.137. The van der Waals surface area contributed by atoms with Crippen LogP contribution in [-0.4, -0.2) is 52.0 Å². The van der Waals surface area contributed by atoms with E-state index in [0.717, 1.165) is 25.0 Å². The first-order chi connectivity index (χ1) is 12.9. The van der Waals surface area contributed by atoms with Gasteiger partial charge in [-0.05, 0) is 24.6 Å². The zero-order valence-corrected chi connectivity index (χ0v) is 15.0. The Labute approximate surface area is 154 Å². The van der Waals surface area contributed by atoms with Crippen molar-refractivity contribution in [1.29, 1.82) is 0 Å². The Bertz CT molecular complexity index is 783. The number of rotatable bonds is 5. The molecule has 0 saturated carbocycles. The summed E-state index contributed by atoms with van der Waals surface area (Å²) in [5.41, 5.74) is -0.759. The van der Waals surface area contributed by atoms with Crippen LogP contribution in [0.5, 0.6) is 0 Å². The number of benzene rings is 1. The topological polar surface area (TPSA) is 62.5 Å². The Hall–Kier alpha value is -2.42. The molecule has 1 aromatic carbocycles. The fraction of sp³-hybridized carbons (Fsp3) is 0.500. The molecular formula is C18H21F3N4O2. The first-order valence-electron chi connectivity index (χ1n) is 8.87. The molecule has 0 N–H and O–H groups in total. The summed E-state index contributed by atoms with van der Waals surface area (Å²) in [5, 5.41) is 3.91.